The van der Waals surface area contributed by atoms with E-state index in [4.69, 9.17) is 16.3 Å². The van der Waals surface area contributed by atoms with E-state index in [1.165, 1.54) is 12.1 Å². The second-order valence-corrected chi connectivity index (χ2v) is 5.14. The molecule has 0 amide bonds. The smallest absolute Gasteiger partial charge is 0.124 e. The number of hydrogen-bond donors (Lipinski definition) is 0. The first kappa shape index (κ1) is 13.3. The maximum absolute atomic E-state index is 12.9. The third-order valence-electron chi connectivity index (χ3n) is 2.92. The molecule has 1 fully saturated rings. The second kappa shape index (κ2) is 6.14. The predicted molar refractivity (Wildman–Crippen MR) is 70.2 cm³/mol. The first-order valence-electron chi connectivity index (χ1n) is 5.52. The van der Waals surface area contributed by atoms with Gasteiger partial charge < -0.3 is 4.74 Å². The van der Waals surface area contributed by atoms with E-state index in [0.717, 1.165) is 37.2 Å². The van der Waals surface area contributed by atoms with Gasteiger partial charge in [-0.3, -0.25) is 4.90 Å². The van der Waals surface area contributed by atoms with Gasteiger partial charge in [0.2, 0.25) is 0 Å². The van der Waals surface area contributed by atoms with Gasteiger partial charge in [-0.05, 0) is 17.7 Å². The molecule has 1 aliphatic rings. The summed E-state index contributed by atoms with van der Waals surface area (Å²) in [7, 11) is 0. The van der Waals surface area contributed by atoms with Crippen LogP contribution in [0.2, 0.25) is 5.02 Å². The molecule has 1 atom stereocenters. The summed E-state index contributed by atoms with van der Waals surface area (Å²) in [5, 5.41) is 1.36. The van der Waals surface area contributed by atoms with Gasteiger partial charge in [-0.15, -0.1) is 0 Å². The monoisotopic (exact) mass is 321 g/mol. The van der Waals surface area contributed by atoms with Crippen molar-refractivity contribution in [3.8, 4) is 0 Å². The average molecular weight is 323 g/mol. The van der Waals surface area contributed by atoms with Gasteiger partial charge in [-0.1, -0.05) is 33.6 Å². The van der Waals surface area contributed by atoms with Crippen molar-refractivity contribution in [2.45, 2.75) is 12.6 Å². The lowest BCUT2D eigenvalue weighted by molar-refractivity contribution is -0.00212. The molecule has 0 aliphatic carbocycles. The molecule has 94 valence electrons. The molecule has 0 aromatic heterocycles. The number of rotatable bonds is 3. The van der Waals surface area contributed by atoms with Gasteiger partial charge in [-0.2, -0.15) is 0 Å². The first-order valence-corrected chi connectivity index (χ1v) is 7.02. The molecule has 17 heavy (non-hydrogen) atoms. The zero-order valence-electron chi connectivity index (χ0n) is 9.33. The van der Waals surface area contributed by atoms with Crippen LogP contribution < -0.4 is 0 Å². The number of nitrogens with zero attached hydrogens (tertiary/aromatic N) is 1. The zero-order valence-corrected chi connectivity index (χ0v) is 11.7. The van der Waals surface area contributed by atoms with Crippen molar-refractivity contribution < 1.29 is 9.13 Å². The molecule has 0 N–H and O–H groups in total. The number of ether oxygens (including phenoxy) is 1. The van der Waals surface area contributed by atoms with E-state index in [0.29, 0.717) is 11.1 Å². The highest BCUT2D eigenvalue weighted by Gasteiger charge is 2.22. The van der Waals surface area contributed by atoms with Crippen LogP contribution in [0.15, 0.2) is 18.2 Å². The van der Waals surface area contributed by atoms with Crippen LogP contribution in [0.4, 0.5) is 4.39 Å². The molecule has 0 spiro atoms. The Bertz CT molecular complexity index is 391. The van der Waals surface area contributed by atoms with E-state index in [-0.39, 0.29) is 5.82 Å². The Morgan fingerprint density at radius 1 is 1.53 bits per heavy atom. The third kappa shape index (κ3) is 3.41. The van der Waals surface area contributed by atoms with Crippen LogP contribution in [0.25, 0.3) is 0 Å². The van der Waals surface area contributed by atoms with Crippen LogP contribution in [-0.4, -0.2) is 36.0 Å². The maximum atomic E-state index is 12.9. The summed E-state index contributed by atoms with van der Waals surface area (Å²) in [6.45, 7) is 3.08. The average Bonchev–Trinajstić information content (AvgIpc) is 2.33. The van der Waals surface area contributed by atoms with E-state index in [2.05, 4.69) is 20.8 Å². The minimum Gasteiger partial charge on any atom is -0.378 e. The minimum absolute atomic E-state index is 0.294. The number of morpholine rings is 1. The van der Waals surface area contributed by atoms with E-state index in [1.807, 2.05) is 0 Å². The number of alkyl halides is 1. The van der Waals surface area contributed by atoms with Gasteiger partial charge in [-0.25, -0.2) is 4.39 Å². The molecule has 1 heterocycles. The van der Waals surface area contributed by atoms with Crippen molar-refractivity contribution in [2.75, 3.05) is 25.1 Å². The minimum atomic E-state index is -0.294. The van der Waals surface area contributed by atoms with Gasteiger partial charge >= 0.3 is 0 Å². The van der Waals surface area contributed by atoms with Gasteiger partial charge in [0.25, 0.3) is 0 Å². The van der Waals surface area contributed by atoms with E-state index in [1.54, 1.807) is 6.07 Å². The molecule has 1 saturated heterocycles. The SMILES string of the molecule is Fc1ccc(CN2CCOCC2CBr)c(Cl)c1. The van der Waals surface area contributed by atoms with Crippen LogP contribution in [-0.2, 0) is 11.3 Å². The molecule has 0 radical (unpaired) electrons. The fourth-order valence-corrected chi connectivity index (χ4v) is 2.73. The molecule has 0 bridgehead atoms. The highest BCUT2D eigenvalue weighted by atomic mass is 79.9. The molecule has 1 aromatic rings. The van der Waals surface area contributed by atoms with Gasteiger partial charge in [0.1, 0.15) is 5.82 Å². The van der Waals surface area contributed by atoms with Crippen molar-refractivity contribution in [2.24, 2.45) is 0 Å². The summed E-state index contributed by atoms with van der Waals surface area (Å²) < 4.78 is 18.4. The topological polar surface area (TPSA) is 12.5 Å². The van der Waals surface area contributed by atoms with Crippen LogP contribution in [0.3, 0.4) is 0 Å². The maximum Gasteiger partial charge on any atom is 0.124 e. The molecule has 1 unspecified atom stereocenters. The predicted octanol–water partition coefficient (Wildman–Crippen LogP) is 3.07. The fourth-order valence-electron chi connectivity index (χ4n) is 1.91. The molecule has 2 nitrogen and oxygen atoms in total. The second-order valence-electron chi connectivity index (χ2n) is 4.09. The lowest BCUT2D eigenvalue weighted by Crippen LogP contribution is -2.45. The van der Waals surface area contributed by atoms with Crippen molar-refractivity contribution >= 4 is 27.5 Å². The molecular weight excluding hydrogens is 308 g/mol. The summed E-state index contributed by atoms with van der Waals surface area (Å²) in [6.07, 6.45) is 0. The van der Waals surface area contributed by atoms with Crippen LogP contribution >= 0.6 is 27.5 Å². The molecule has 2 rings (SSSR count). The molecule has 5 heteroatoms. The lowest BCUT2D eigenvalue weighted by atomic mass is 10.1. The summed E-state index contributed by atoms with van der Waals surface area (Å²) in [5.74, 6) is -0.294. The number of hydrogen-bond acceptors (Lipinski definition) is 2. The Morgan fingerprint density at radius 2 is 2.35 bits per heavy atom. The lowest BCUT2D eigenvalue weighted by Gasteiger charge is -2.34. The van der Waals surface area contributed by atoms with Crippen molar-refractivity contribution in [3.63, 3.8) is 0 Å². The third-order valence-corrected chi connectivity index (χ3v) is 4.02. The number of halogens is 3. The largest absolute Gasteiger partial charge is 0.378 e. The summed E-state index contributed by atoms with van der Waals surface area (Å²) in [5.41, 5.74) is 0.959. The Kier molecular flexibility index (Phi) is 4.79. The quantitative estimate of drug-likeness (QED) is 0.793. The Morgan fingerprint density at radius 3 is 3.06 bits per heavy atom. The van der Waals surface area contributed by atoms with E-state index in [9.17, 15) is 4.39 Å². The standard InChI is InChI=1S/C12H14BrClFNO/c13-6-11-8-17-4-3-16(11)7-9-1-2-10(15)5-12(9)14/h1-2,5,11H,3-4,6-8H2. The van der Waals surface area contributed by atoms with Crippen molar-refractivity contribution in [1.29, 1.82) is 0 Å². The van der Waals surface area contributed by atoms with E-state index < -0.39 is 0 Å². The fraction of sp³-hybridized carbons (Fsp3) is 0.500. The van der Waals surface area contributed by atoms with Crippen molar-refractivity contribution in [1.82, 2.24) is 4.90 Å². The van der Waals surface area contributed by atoms with Crippen LogP contribution in [0.1, 0.15) is 5.56 Å². The Hall–Kier alpha value is -0.160. The van der Waals surface area contributed by atoms with Crippen LogP contribution in [0.5, 0.6) is 0 Å². The number of benzene rings is 1. The van der Waals surface area contributed by atoms with Gasteiger partial charge in [0, 0.05) is 29.5 Å². The summed E-state index contributed by atoms with van der Waals surface area (Å²) in [6, 6.07) is 4.91. The summed E-state index contributed by atoms with van der Waals surface area (Å²) in [4.78, 5) is 2.30. The Balaban J connectivity index is 2.08. The molecular formula is C12H14BrClFNO. The molecule has 1 aromatic carbocycles. The zero-order chi connectivity index (χ0) is 12.3. The highest BCUT2D eigenvalue weighted by Crippen LogP contribution is 2.21. The normalized spacial score (nSPS) is 21.7. The highest BCUT2D eigenvalue weighted by molar-refractivity contribution is 9.09. The Labute approximate surface area is 114 Å². The van der Waals surface area contributed by atoms with Gasteiger partial charge in [0.05, 0.1) is 13.2 Å². The first-order chi connectivity index (χ1) is 8.20. The van der Waals surface area contributed by atoms with Crippen LogP contribution in [0, 0.1) is 5.82 Å². The molecule has 1 aliphatic heterocycles. The van der Waals surface area contributed by atoms with E-state index >= 15 is 0 Å². The summed E-state index contributed by atoms with van der Waals surface area (Å²) >= 11 is 9.51. The van der Waals surface area contributed by atoms with Gasteiger partial charge in [0.15, 0.2) is 0 Å². The van der Waals surface area contributed by atoms with Crippen molar-refractivity contribution in [3.05, 3.63) is 34.6 Å². The molecule has 0 saturated carbocycles.